The summed E-state index contributed by atoms with van der Waals surface area (Å²) in [5.74, 6) is -0.216. The molecule has 22 heavy (non-hydrogen) atoms. The molecule has 6 nitrogen and oxygen atoms in total. The lowest BCUT2D eigenvalue weighted by Gasteiger charge is -2.08. The van der Waals surface area contributed by atoms with E-state index in [9.17, 15) is 4.79 Å². The van der Waals surface area contributed by atoms with Gasteiger partial charge in [-0.05, 0) is 25.5 Å². The molecule has 3 aromatic rings. The Bertz CT molecular complexity index is 777. The smallest absolute Gasteiger partial charge is 0.260 e. The molecule has 112 valence electrons. The molecule has 0 radical (unpaired) electrons. The summed E-state index contributed by atoms with van der Waals surface area (Å²) >= 11 is 1.28. The van der Waals surface area contributed by atoms with E-state index in [1.807, 2.05) is 38.1 Å². The van der Waals surface area contributed by atoms with Gasteiger partial charge in [0.05, 0.1) is 23.1 Å². The fraction of sp³-hybridized carbons (Fsp3) is 0.200. The Morgan fingerprint density at radius 2 is 2.09 bits per heavy atom. The normalized spacial score (nSPS) is 10.6. The molecule has 3 rings (SSSR count). The minimum absolute atomic E-state index is 0.216. The lowest BCUT2D eigenvalue weighted by Crippen LogP contribution is -2.14. The second-order valence-corrected chi connectivity index (χ2v) is 5.64. The molecule has 7 heteroatoms. The molecule has 1 N–H and O–H groups in total. The van der Waals surface area contributed by atoms with Crippen LogP contribution in [0.1, 0.15) is 28.5 Å². The van der Waals surface area contributed by atoms with Gasteiger partial charge in [-0.25, -0.2) is 4.68 Å². The number of nitrogens with one attached hydrogen (secondary N) is 1. The number of carbonyl (C=O) groups is 1. The van der Waals surface area contributed by atoms with Crippen molar-refractivity contribution in [2.45, 2.75) is 20.3 Å². The minimum atomic E-state index is -0.216. The van der Waals surface area contributed by atoms with Gasteiger partial charge in [0.25, 0.3) is 5.91 Å². The third kappa shape index (κ3) is 2.75. The van der Waals surface area contributed by atoms with Crippen LogP contribution < -0.4 is 5.32 Å². The lowest BCUT2D eigenvalue weighted by molar-refractivity contribution is 0.102. The number of amides is 1. The first-order valence-electron chi connectivity index (χ1n) is 6.90. The zero-order chi connectivity index (χ0) is 15.5. The predicted molar refractivity (Wildman–Crippen MR) is 85.5 cm³/mol. The summed E-state index contributed by atoms with van der Waals surface area (Å²) in [4.78, 5) is 12.4. The van der Waals surface area contributed by atoms with Gasteiger partial charge in [-0.1, -0.05) is 36.0 Å². The average molecular weight is 313 g/mol. The average Bonchev–Trinajstić information content (AvgIpc) is 3.16. The maximum Gasteiger partial charge on any atom is 0.260 e. The number of benzene rings is 1. The van der Waals surface area contributed by atoms with Crippen LogP contribution in [0.15, 0.2) is 36.0 Å². The molecule has 0 aliphatic carbocycles. The summed E-state index contributed by atoms with van der Waals surface area (Å²) < 4.78 is 1.80. The SMILES string of the molecule is CCc1c(C(=O)Nc2nncs2)cnn1-c1ccc(C)cc1. The van der Waals surface area contributed by atoms with Crippen molar-refractivity contribution in [1.82, 2.24) is 20.0 Å². The van der Waals surface area contributed by atoms with Crippen molar-refractivity contribution >= 4 is 22.4 Å². The number of hydrogen-bond donors (Lipinski definition) is 1. The summed E-state index contributed by atoms with van der Waals surface area (Å²) in [6.07, 6.45) is 2.29. The van der Waals surface area contributed by atoms with Gasteiger partial charge in [-0.3, -0.25) is 10.1 Å². The topological polar surface area (TPSA) is 72.7 Å². The van der Waals surface area contributed by atoms with Crippen molar-refractivity contribution in [3.8, 4) is 5.69 Å². The largest absolute Gasteiger partial charge is 0.296 e. The third-order valence-corrected chi connectivity index (χ3v) is 3.91. The van der Waals surface area contributed by atoms with Gasteiger partial charge in [-0.2, -0.15) is 5.10 Å². The molecule has 2 aromatic heterocycles. The highest BCUT2D eigenvalue weighted by Gasteiger charge is 2.18. The first kappa shape index (κ1) is 14.4. The zero-order valence-electron chi connectivity index (χ0n) is 12.3. The molecule has 0 atom stereocenters. The van der Waals surface area contributed by atoms with Crippen molar-refractivity contribution < 1.29 is 4.79 Å². The van der Waals surface area contributed by atoms with Crippen LogP contribution in [0.5, 0.6) is 0 Å². The molecule has 0 saturated carbocycles. The molecule has 0 aliphatic rings. The van der Waals surface area contributed by atoms with Crippen LogP contribution in [0, 0.1) is 6.92 Å². The van der Waals surface area contributed by atoms with E-state index >= 15 is 0 Å². The molecule has 0 fully saturated rings. The van der Waals surface area contributed by atoms with Crippen LogP contribution in [0.3, 0.4) is 0 Å². The predicted octanol–water partition coefficient (Wildman–Crippen LogP) is 2.85. The van der Waals surface area contributed by atoms with E-state index in [-0.39, 0.29) is 5.91 Å². The van der Waals surface area contributed by atoms with Gasteiger partial charge >= 0.3 is 0 Å². The van der Waals surface area contributed by atoms with E-state index in [1.54, 1.807) is 16.4 Å². The van der Waals surface area contributed by atoms with Crippen molar-refractivity contribution in [1.29, 1.82) is 0 Å². The molecule has 1 aromatic carbocycles. The summed E-state index contributed by atoms with van der Waals surface area (Å²) in [5, 5.41) is 15.1. The monoisotopic (exact) mass is 313 g/mol. The number of hydrogen-bond acceptors (Lipinski definition) is 5. The Balaban J connectivity index is 1.93. The third-order valence-electron chi connectivity index (χ3n) is 3.31. The van der Waals surface area contributed by atoms with E-state index in [2.05, 4.69) is 20.6 Å². The molecule has 0 bridgehead atoms. The molecule has 0 unspecified atom stereocenters. The van der Waals surface area contributed by atoms with E-state index in [1.165, 1.54) is 16.9 Å². The maximum atomic E-state index is 12.4. The second-order valence-electron chi connectivity index (χ2n) is 4.80. The number of carbonyl (C=O) groups excluding carboxylic acids is 1. The fourth-order valence-electron chi connectivity index (χ4n) is 2.20. The highest BCUT2D eigenvalue weighted by molar-refractivity contribution is 7.13. The minimum Gasteiger partial charge on any atom is -0.296 e. The standard InChI is InChI=1S/C15H15N5OS/c1-3-13-12(14(21)18-15-19-16-9-22-15)8-17-20(13)11-6-4-10(2)5-7-11/h4-9H,3H2,1-2H3,(H,18,19,21). The van der Waals surface area contributed by atoms with Crippen molar-refractivity contribution in [2.24, 2.45) is 0 Å². The Hall–Kier alpha value is -2.54. The second kappa shape index (κ2) is 6.07. The first-order chi connectivity index (χ1) is 10.7. The zero-order valence-corrected chi connectivity index (χ0v) is 13.1. The molecule has 0 saturated heterocycles. The van der Waals surface area contributed by atoms with E-state index < -0.39 is 0 Å². The Kier molecular flexibility index (Phi) is 3.97. The van der Waals surface area contributed by atoms with Crippen molar-refractivity contribution in [3.05, 3.63) is 52.8 Å². The Labute approximate surface area is 131 Å². The van der Waals surface area contributed by atoms with Crippen LogP contribution in [-0.4, -0.2) is 25.9 Å². The van der Waals surface area contributed by atoms with Crippen LogP contribution >= 0.6 is 11.3 Å². The fourth-order valence-corrected chi connectivity index (χ4v) is 2.64. The quantitative estimate of drug-likeness (QED) is 0.804. The van der Waals surface area contributed by atoms with Gasteiger partial charge in [0.2, 0.25) is 5.13 Å². The number of aromatic nitrogens is 4. The summed E-state index contributed by atoms with van der Waals surface area (Å²) in [7, 11) is 0. The Morgan fingerprint density at radius 3 is 2.73 bits per heavy atom. The van der Waals surface area contributed by atoms with E-state index in [4.69, 9.17) is 0 Å². The van der Waals surface area contributed by atoms with Crippen LogP contribution in [0.4, 0.5) is 5.13 Å². The molecule has 0 aliphatic heterocycles. The number of nitrogens with zero attached hydrogens (tertiary/aromatic N) is 4. The highest BCUT2D eigenvalue weighted by atomic mass is 32.1. The van der Waals surface area contributed by atoms with Crippen molar-refractivity contribution in [3.63, 3.8) is 0 Å². The van der Waals surface area contributed by atoms with Crippen LogP contribution in [0.2, 0.25) is 0 Å². The van der Waals surface area contributed by atoms with Gasteiger partial charge in [-0.15, -0.1) is 10.2 Å². The highest BCUT2D eigenvalue weighted by Crippen LogP contribution is 2.18. The van der Waals surface area contributed by atoms with Crippen LogP contribution in [0.25, 0.3) is 5.69 Å². The molecule has 0 spiro atoms. The Morgan fingerprint density at radius 1 is 1.32 bits per heavy atom. The maximum absolute atomic E-state index is 12.4. The lowest BCUT2D eigenvalue weighted by atomic mass is 10.2. The molecule has 1 amide bonds. The first-order valence-corrected chi connectivity index (χ1v) is 7.78. The van der Waals surface area contributed by atoms with Gasteiger partial charge in [0, 0.05) is 0 Å². The summed E-state index contributed by atoms with van der Waals surface area (Å²) in [5.41, 5.74) is 5.12. The van der Waals surface area contributed by atoms with Gasteiger partial charge in [0.1, 0.15) is 5.51 Å². The van der Waals surface area contributed by atoms with Gasteiger partial charge < -0.3 is 0 Å². The van der Waals surface area contributed by atoms with Gasteiger partial charge in [0.15, 0.2) is 0 Å². The summed E-state index contributed by atoms with van der Waals surface area (Å²) in [6.45, 7) is 4.04. The van der Waals surface area contributed by atoms with Crippen molar-refractivity contribution in [2.75, 3.05) is 5.32 Å². The molecule has 2 heterocycles. The van der Waals surface area contributed by atoms with Crippen LogP contribution in [-0.2, 0) is 6.42 Å². The number of aryl methyl sites for hydroxylation is 1. The molecular formula is C15H15N5OS. The molecular weight excluding hydrogens is 298 g/mol. The number of rotatable bonds is 4. The van der Waals surface area contributed by atoms with E-state index in [0.29, 0.717) is 17.1 Å². The summed E-state index contributed by atoms with van der Waals surface area (Å²) in [6, 6.07) is 8.04. The van der Waals surface area contributed by atoms with E-state index in [0.717, 1.165) is 11.4 Å². The number of anilines is 1.